The third-order valence-corrected chi connectivity index (χ3v) is 4.89. The number of fused-ring (bicyclic) bond motifs is 2. The van der Waals surface area contributed by atoms with Crippen molar-refractivity contribution in [1.82, 2.24) is 4.98 Å². The van der Waals surface area contributed by atoms with Crippen LogP contribution in [0.4, 0.5) is 11.4 Å². The van der Waals surface area contributed by atoms with Crippen LogP contribution in [0, 0.1) is 18.3 Å². The second-order valence-electron chi connectivity index (χ2n) is 6.90. The number of hydrogen-bond donors (Lipinski definition) is 1. The number of aryl methyl sites for hydroxylation is 1. The molecule has 156 valence electrons. The third kappa shape index (κ3) is 3.76. The average Bonchev–Trinajstić information content (AvgIpc) is 2.75. The molecule has 0 aliphatic heterocycles. The van der Waals surface area contributed by atoms with Gasteiger partial charge in [0, 0.05) is 34.8 Å². The Morgan fingerprint density at radius 3 is 2.61 bits per heavy atom. The van der Waals surface area contributed by atoms with Crippen molar-refractivity contribution in [3.8, 4) is 17.6 Å². The third-order valence-electron chi connectivity index (χ3n) is 4.89. The number of nitriles is 1. The zero-order valence-corrected chi connectivity index (χ0v) is 17.5. The second kappa shape index (κ2) is 8.36. The molecule has 2 heterocycles. The first-order valence-corrected chi connectivity index (χ1v) is 9.98. The molecule has 2 aromatic carbocycles. The first-order valence-electron chi connectivity index (χ1n) is 9.98. The van der Waals surface area contributed by atoms with Crippen LogP contribution in [0.3, 0.4) is 0 Å². The fourth-order valence-electron chi connectivity index (χ4n) is 3.54. The van der Waals surface area contributed by atoms with Gasteiger partial charge in [-0.05, 0) is 50.6 Å². The number of rotatable bonds is 6. The molecule has 0 aliphatic carbocycles. The molecular weight excluding hydrogens is 394 g/mol. The molecule has 0 radical (unpaired) electrons. The van der Waals surface area contributed by atoms with Crippen LogP contribution in [0.1, 0.15) is 25.0 Å². The molecule has 31 heavy (non-hydrogen) atoms. The van der Waals surface area contributed by atoms with Crippen molar-refractivity contribution in [2.75, 3.05) is 18.5 Å². The van der Waals surface area contributed by atoms with Crippen molar-refractivity contribution in [2.45, 2.75) is 20.8 Å². The summed E-state index contributed by atoms with van der Waals surface area (Å²) in [5, 5.41) is 14.5. The summed E-state index contributed by atoms with van der Waals surface area (Å²) in [5.41, 5.74) is 3.15. The fraction of sp³-hybridized carbons (Fsp3) is 0.208. The molecule has 0 fully saturated rings. The lowest BCUT2D eigenvalue weighted by Gasteiger charge is -2.16. The van der Waals surface area contributed by atoms with Gasteiger partial charge in [0.25, 0.3) is 0 Å². The van der Waals surface area contributed by atoms with Crippen LogP contribution in [0.15, 0.2) is 51.8 Å². The molecule has 1 N–H and O–H groups in total. The van der Waals surface area contributed by atoms with Gasteiger partial charge in [-0.25, -0.2) is 4.79 Å². The molecule has 0 saturated carbocycles. The number of nitrogens with one attached hydrogen (secondary N) is 1. The van der Waals surface area contributed by atoms with E-state index in [4.69, 9.17) is 13.9 Å². The van der Waals surface area contributed by atoms with E-state index < -0.39 is 5.63 Å². The minimum Gasteiger partial charge on any atom is -0.490 e. The van der Waals surface area contributed by atoms with Crippen LogP contribution in [0.5, 0.6) is 11.5 Å². The number of hydrogen-bond acceptors (Lipinski definition) is 7. The standard InChI is InChI=1S/C24H21N3O4/c1-4-29-19-9-8-18-22(15(12-25)13-26-23(18)24(19)30-5-2)27-16-6-7-17-14(3)10-21(28)31-20(17)11-16/h6-11,13H,4-5H2,1-3H3,(H,26,27). The highest BCUT2D eigenvalue weighted by molar-refractivity contribution is 6.00. The van der Waals surface area contributed by atoms with Gasteiger partial charge in [-0.1, -0.05) is 0 Å². The number of nitrogens with zero attached hydrogens (tertiary/aromatic N) is 2. The summed E-state index contributed by atoms with van der Waals surface area (Å²) in [6, 6.07) is 12.8. The van der Waals surface area contributed by atoms with Crippen LogP contribution < -0.4 is 20.4 Å². The monoisotopic (exact) mass is 415 g/mol. The van der Waals surface area contributed by atoms with Crippen molar-refractivity contribution in [3.63, 3.8) is 0 Å². The van der Waals surface area contributed by atoms with Crippen LogP contribution in [0.25, 0.3) is 21.9 Å². The Labute approximate surface area is 178 Å². The number of benzene rings is 2. The highest BCUT2D eigenvalue weighted by Crippen LogP contribution is 2.39. The van der Waals surface area contributed by atoms with Gasteiger partial charge >= 0.3 is 5.63 Å². The van der Waals surface area contributed by atoms with Gasteiger partial charge in [0.1, 0.15) is 17.2 Å². The summed E-state index contributed by atoms with van der Waals surface area (Å²) in [4.78, 5) is 16.2. The van der Waals surface area contributed by atoms with Gasteiger partial charge in [-0.15, -0.1) is 0 Å². The highest BCUT2D eigenvalue weighted by Gasteiger charge is 2.17. The Bertz CT molecular complexity index is 1390. The zero-order valence-electron chi connectivity index (χ0n) is 17.5. The average molecular weight is 415 g/mol. The lowest BCUT2D eigenvalue weighted by Crippen LogP contribution is -2.02. The minimum absolute atomic E-state index is 0.380. The molecule has 0 amide bonds. The topological polar surface area (TPSA) is 97.4 Å². The van der Waals surface area contributed by atoms with Crippen molar-refractivity contribution in [1.29, 1.82) is 5.26 Å². The van der Waals surface area contributed by atoms with E-state index in [0.717, 1.165) is 16.3 Å². The summed E-state index contributed by atoms with van der Waals surface area (Å²) in [5.74, 6) is 1.14. The Kier molecular flexibility index (Phi) is 5.46. The van der Waals surface area contributed by atoms with Gasteiger partial charge in [-0.2, -0.15) is 5.26 Å². The lowest BCUT2D eigenvalue weighted by atomic mass is 10.1. The van der Waals surface area contributed by atoms with Gasteiger partial charge in [0.2, 0.25) is 0 Å². The number of aromatic nitrogens is 1. The molecule has 0 spiro atoms. The number of ether oxygens (including phenoxy) is 2. The normalized spacial score (nSPS) is 10.8. The van der Waals surface area contributed by atoms with E-state index in [0.29, 0.717) is 52.8 Å². The van der Waals surface area contributed by atoms with Crippen molar-refractivity contribution >= 4 is 33.2 Å². The summed E-state index contributed by atoms with van der Waals surface area (Å²) >= 11 is 0. The molecule has 0 bridgehead atoms. The SMILES string of the molecule is CCOc1ccc2c(Nc3ccc4c(C)cc(=O)oc4c3)c(C#N)cnc2c1OCC. The zero-order chi connectivity index (χ0) is 22.0. The van der Waals surface area contributed by atoms with Crippen molar-refractivity contribution < 1.29 is 13.9 Å². The van der Waals surface area contributed by atoms with Gasteiger partial charge < -0.3 is 19.2 Å². The predicted molar refractivity (Wildman–Crippen MR) is 119 cm³/mol. The smallest absolute Gasteiger partial charge is 0.336 e. The molecule has 2 aromatic heterocycles. The van der Waals surface area contributed by atoms with Crippen LogP contribution in [-0.2, 0) is 0 Å². The molecular formula is C24H21N3O4. The predicted octanol–water partition coefficient (Wildman–Crippen LogP) is 5.06. The highest BCUT2D eigenvalue weighted by atomic mass is 16.5. The fourth-order valence-corrected chi connectivity index (χ4v) is 3.54. The van der Waals surface area contributed by atoms with Gasteiger partial charge in [-0.3, -0.25) is 4.98 Å². The van der Waals surface area contributed by atoms with Crippen molar-refractivity contribution in [2.24, 2.45) is 0 Å². The van der Waals surface area contributed by atoms with Gasteiger partial charge in [0.05, 0.1) is 24.5 Å². The summed E-state index contributed by atoms with van der Waals surface area (Å²) in [6.45, 7) is 6.60. The molecule has 4 aromatic rings. The summed E-state index contributed by atoms with van der Waals surface area (Å²) in [7, 11) is 0. The Morgan fingerprint density at radius 2 is 1.87 bits per heavy atom. The van der Waals surface area contributed by atoms with E-state index in [2.05, 4.69) is 16.4 Å². The Balaban J connectivity index is 1.88. The first-order chi connectivity index (χ1) is 15.0. The minimum atomic E-state index is -0.404. The molecule has 0 unspecified atom stereocenters. The van der Waals surface area contributed by atoms with E-state index in [1.165, 1.54) is 12.3 Å². The van der Waals surface area contributed by atoms with Gasteiger partial charge in [0.15, 0.2) is 11.5 Å². The summed E-state index contributed by atoms with van der Waals surface area (Å²) < 4.78 is 16.9. The van der Waals surface area contributed by atoms with E-state index in [1.54, 1.807) is 6.07 Å². The molecule has 0 aliphatic rings. The first kappa shape index (κ1) is 20.2. The van der Waals surface area contributed by atoms with E-state index >= 15 is 0 Å². The second-order valence-corrected chi connectivity index (χ2v) is 6.90. The number of pyridine rings is 1. The molecule has 0 saturated heterocycles. The molecule has 0 atom stereocenters. The van der Waals surface area contributed by atoms with E-state index in [9.17, 15) is 10.1 Å². The van der Waals surface area contributed by atoms with Crippen LogP contribution in [-0.4, -0.2) is 18.2 Å². The quantitative estimate of drug-likeness (QED) is 0.439. The maximum Gasteiger partial charge on any atom is 0.336 e. The Morgan fingerprint density at radius 1 is 1.10 bits per heavy atom. The molecule has 7 heteroatoms. The van der Waals surface area contributed by atoms with E-state index in [1.807, 2.05) is 45.0 Å². The van der Waals surface area contributed by atoms with Crippen LogP contribution >= 0.6 is 0 Å². The number of anilines is 2. The van der Waals surface area contributed by atoms with Crippen LogP contribution in [0.2, 0.25) is 0 Å². The largest absolute Gasteiger partial charge is 0.490 e. The Hall–Kier alpha value is -4.05. The maximum atomic E-state index is 11.8. The van der Waals surface area contributed by atoms with Crippen molar-refractivity contribution in [3.05, 3.63) is 64.1 Å². The lowest BCUT2D eigenvalue weighted by molar-refractivity contribution is 0.290. The summed E-state index contributed by atoms with van der Waals surface area (Å²) in [6.07, 6.45) is 1.51. The molecule has 4 rings (SSSR count). The maximum absolute atomic E-state index is 11.8. The molecule has 7 nitrogen and oxygen atoms in total. The van der Waals surface area contributed by atoms with E-state index in [-0.39, 0.29) is 0 Å².